The van der Waals surface area contributed by atoms with Gasteiger partial charge in [0.25, 0.3) is 10.0 Å². The van der Waals surface area contributed by atoms with Crippen LogP contribution in [0.2, 0.25) is 0 Å². The number of hydrogen-bond acceptors (Lipinski definition) is 5. The maximum atomic E-state index is 12.8. The van der Waals surface area contributed by atoms with E-state index in [1.54, 1.807) is 12.1 Å². The fourth-order valence-electron chi connectivity index (χ4n) is 3.35. The van der Waals surface area contributed by atoms with Crippen LogP contribution in [0.3, 0.4) is 0 Å². The molecule has 0 bridgehead atoms. The quantitative estimate of drug-likeness (QED) is 0.611. The fraction of sp³-hybridized carbons (Fsp3) is 0.455. The van der Waals surface area contributed by atoms with Crippen LogP contribution in [-0.2, 0) is 10.0 Å². The zero-order valence-electron chi connectivity index (χ0n) is 18.4. The third-order valence-electron chi connectivity index (χ3n) is 4.33. The SMILES string of the molecule is Cc1cc(C)cc(S(=O)(=O)Nc2cnc(N(CC(C)C)CC(C)C)c(C(=O)O)c2)c1. The van der Waals surface area contributed by atoms with Crippen LogP contribution in [0.4, 0.5) is 11.5 Å². The van der Waals surface area contributed by atoms with Gasteiger partial charge in [0.2, 0.25) is 0 Å². The molecule has 0 amide bonds. The Morgan fingerprint density at radius 1 is 1.03 bits per heavy atom. The van der Waals surface area contributed by atoms with Crippen molar-refractivity contribution in [1.82, 2.24) is 4.98 Å². The Balaban J connectivity index is 2.44. The molecule has 164 valence electrons. The number of carboxylic acids is 1. The molecule has 0 unspecified atom stereocenters. The summed E-state index contributed by atoms with van der Waals surface area (Å²) in [6, 6.07) is 6.36. The predicted molar refractivity (Wildman–Crippen MR) is 120 cm³/mol. The van der Waals surface area contributed by atoms with E-state index < -0.39 is 16.0 Å². The maximum absolute atomic E-state index is 12.8. The van der Waals surface area contributed by atoms with Gasteiger partial charge in [-0.1, -0.05) is 33.8 Å². The Bertz CT molecular complexity index is 987. The zero-order valence-corrected chi connectivity index (χ0v) is 19.2. The number of nitrogens with one attached hydrogen (secondary N) is 1. The molecule has 0 radical (unpaired) electrons. The maximum Gasteiger partial charge on any atom is 0.339 e. The number of benzene rings is 1. The van der Waals surface area contributed by atoms with Gasteiger partial charge in [-0.3, -0.25) is 4.72 Å². The average Bonchev–Trinajstić information content (AvgIpc) is 2.59. The van der Waals surface area contributed by atoms with Crippen LogP contribution in [-0.4, -0.2) is 37.6 Å². The highest BCUT2D eigenvalue weighted by Gasteiger charge is 2.22. The normalized spacial score (nSPS) is 11.7. The number of sulfonamides is 1. The molecule has 0 aliphatic heterocycles. The molecule has 30 heavy (non-hydrogen) atoms. The monoisotopic (exact) mass is 433 g/mol. The number of carbonyl (C=O) groups is 1. The van der Waals surface area contributed by atoms with Gasteiger partial charge in [0.15, 0.2) is 0 Å². The lowest BCUT2D eigenvalue weighted by atomic mass is 10.1. The Morgan fingerprint density at radius 2 is 1.57 bits per heavy atom. The van der Waals surface area contributed by atoms with Gasteiger partial charge in [-0.25, -0.2) is 18.2 Å². The molecule has 1 aromatic carbocycles. The van der Waals surface area contributed by atoms with Gasteiger partial charge in [0.1, 0.15) is 11.4 Å². The topological polar surface area (TPSA) is 99.6 Å². The predicted octanol–water partition coefficient (Wildman–Crippen LogP) is 4.32. The molecule has 0 saturated carbocycles. The zero-order chi connectivity index (χ0) is 22.6. The summed E-state index contributed by atoms with van der Waals surface area (Å²) in [6.45, 7) is 13.2. The summed E-state index contributed by atoms with van der Waals surface area (Å²) >= 11 is 0. The van der Waals surface area contributed by atoms with Crippen molar-refractivity contribution in [2.45, 2.75) is 46.4 Å². The number of rotatable bonds is 9. The molecule has 2 rings (SSSR count). The highest BCUT2D eigenvalue weighted by molar-refractivity contribution is 7.92. The van der Waals surface area contributed by atoms with E-state index in [-0.39, 0.29) is 16.1 Å². The first kappa shape index (κ1) is 23.7. The van der Waals surface area contributed by atoms with E-state index >= 15 is 0 Å². The van der Waals surface area contributed by atoms with Crippen LogP contribution >= 0.6 is 0 Å². The second kappa shape index (κ2) is 9.47. The third kappa shape index (κ3) is 6.19. The Morgan fingerprint density at radius 3 is 2.03 bits per heavy atom. The minimum Gasteiger partial charge on any atom is -0.478 e. The van der Waals surface area contributed by atoms with Crippen molar-refractivity contribution in [1.29, 1.82) is 0 Å². The smallest absolute Gasteiger partial charge is 0.339 e. The van der Waals surface area contributed by atoms with E-state index in [0.717, 1.165) is 11.1 Å². The van der Waals surface area contributed by atoms with Gasteiger partial charge in [-0.2, -0.15) is 0 Å². The van der Waals surface area contributed by atoms with Crippen molar-refractivity contribution in [3.8, 4) is 0 Å². The molecule has 0 saturated heterocycles. The molecule has 2 aromatic rings. The van der Waals surface area contributed by atoms with Crippen LogP contribution in [0.15, 0.2) is 35.4 Å². The Hall–Kier alpha value is -2.61. The molecular weight excluding hydrogens is 402 g/mol. The van der Waals surface area contributed by atoms with E-state index in [0.29, 0.717) is 30.7 Å². The number of nitrogens with zero attached hydrogens (tertiary/aromatic N) is 2. The van der Waals surface area contributed by atoms with E-state index in [9.17, 15) is 18.3 Å². The second-order valence-electron chi connectivity index (χ2n) is 8.52. The molecule has 7 nitrogen and oxygen atoms in total. The molecule has 0 fully saturated rings. The number of anilines is 2. The second-order valence-corrected chi connectivity index (χ2v) is 10.2. The summed E-state index contributed by atoms with van der Waals surface area (Å²) in [5, 5.41) is 9.75. The van der Waals surface area contributed by atoms with Crippen LogP contribution < -0.4 is 9.62 Å². The van der Waals surface area contributed by atoms with Gasteiger partial charge >= 0.3 is 5.97 Å². The molecule has 0 aliphatic carbocycles. The van der Waals surface area contributed by atoms with Gasteiger partial charge in [-0.05, 0) is 55.0 Å². The van der Waals surface area contributed by atoms with E-state index in [1.165, 1.54) is 12.3 Å². The molecule has 8 heteroatoms. The highest BCUT2D eigenvalue weighted by atomic mass is 32.2. The van der Waals surface area contributed by atoms with Crippen molar-refractivity contribution < 1.29 is 18.3 Å². The summed E-state index contributed by atoms with van der Waals surface area (Å²) in [6.07, 6.45) is 1.37. The molecule has 0 spiro atoms. The minimum absolute atomic E-state index is 0.0306. The van der Waals surface area contributed by atoms with Crippen LogP contribution in [0.1, 0.15) is 49.2 Å². The first-order valence-corrected chi connectivity index (χ1v) is 11.5. The lowest BCUT2D eigenvalue weighted by molar-refractivity contribution is 0.0697. The average molecular weight is 434 g/mol. The molecular formula is C22H31N3O4S. The molecule has 0 atom stereocenters. The summed E-state index contributed by atoms with van der Waals surface area (Å²) in [7, 11) is -3.87. The standard InChI is InChI=1S/C22H31N3O4S/c1-14(2)12-25(13-15(3)4)21-20(22(26)27)10-18(11-23-21)24-30(28,29)19-8-16(5)7-17(6)9-19/h7-11,14-15,24H,12-13H2,1-6H3,(H,26,27). The van der Waals surface area contributed by atoms with Crippen molar-refractivity contribution in [2.24, 2.45) is 11.8 Å². The van der Waals surface area contributed by atoms with Crippen LogP contribution in [0.5, 0.6) is 0 Å². The van der Waals surface area contributed by atoms with Gasteiger partial charge in [0.05, 0.1) is 16.8 Å². The summed E-state index contributed by atoms with van der Waals surface area (Å²) in [5.74, 6) is -0.174. The van der Waals surface area contributed by atoms with Crippen molar-refractivity contribution in [3.05, 3.63) is 47.2 Å². The number of carboxylic acid groups (broad SMARTS) is 1. The number of pyridine rings is 1. The first-order valence-electron chi connectivity index (χ1n) is 9.98. The summed E-state index contributed by atoms with van der Waals surface area (Å²) < 4.78 is 28.1. The van der Waals surface area contributed by atoms with Gasteiger partial charge < -0.3 is 10.0 Å². The van der Waals surface area contributed by atoms with Crippen molar-refractivity contribution in [2.75, 3.05) is 22.7 Å². The molecule has 1 aromatic heterocycles. The van der Waals surface area contributed by atoms with Crippen molar-refractivity contribution >= 4 is 27.5 Å². The summed E-state index contributed by atoms with van der Waals surface area (Å²) in [5.41, 5.74) is 1.74. The number of aromatic carboxylic acids is 1. The summed E-state index contributed by atoms with van der Waals surface area (Å²) in [4.78, 5) is 18.3. The molecule has 2 N–H and O–H groups in total. The fourth-order valence-corrected chi connectivity index (χ4v) is 4.58. The number of hydrogen-bond donors (Lipinski definition) is 2. The van der Waals surface area contributed by atoms with E-state index in [2.05, 4.69) is 37.4 Å². The van der Waals surface area contributed by atoms with Crippen LogP contribution in [0.25, 0.3) is 0 Å². The largest absolute Gasteiger partial charge is 0.478 e. The van der Waals surface area contributed by atoms with Gasteiger partial charge in [0, 0.05) is 13.1 Å². The van der Waals surface area contributed by atoms with E-state index in [1.807, 2.05) is 24.8 Å². The van der Waals surface area contributed by atoms with Crippen molar-refractivity contribution in [3.63, 3.8) is 0 Å². The Kier molecular flexibility index (Phi) is 7.47. The molecule has 1 heterocycles. The Labute approximate surface area is 179 Å². The van der Waals surface area contributed by atoms with E-state index in [4.69, 9.17) is 0 Å². The number of aromatic nitrogens is 1. The van der Waals surface area contributed by atoms with Gasteiger partial charge in [-0.15, -0.1) is 0 Å². The van der Waals surface area contributed by atoms with Crippen LogP contribution in [0, 0.1) is 25.7 Å². The lowest BCUT2D eigenvalue weighted by Gasteiger charge is -2.28. The number of aryl methyl sites for hydroxylation is 2. The minimum atomic E-state index is -3.87. The highest BCUT2D eigenvalue weighted by Crippen LogP contribution is 2.25. The third-order valence-corrected chi connectivity index (χ3v) is 5.69. The lowest BCUT2D eigenvalue weighted by Crippen LogP contribution is -2.33. The molecule has 0 aliphatic rings. The first-order chi connectivity index (χ1) is 13.9.